The number of rotatable bonds is 35. The van der Waals surface area contributed by atoms with Crippen molar-refractivity contribution < 1.29 is 22.9 Å². The molecule has 51 heavy (non-hydrogen) atoms. The van der Waals surface area contributed by atoms with E-state index >= 15 is 0 Å². The van der Waals surface area contributed by atoms with Gasteiger partial charge in [-0.2, -0.15) is 4.98 Å². The lowest BCUT2D eigenvalue weighted by Gasteiger charge is -2.23. The second-order valence-corrected chi connectivity index (χ2v) is 16.6. The largest absolute Gasteiger partial charge is 0.475 e. The first kappa shape index (κ1) is 45.9. The van der Waals surface area contributed by atoms with Gasteiger partial charge in [0.2, 0.25) is 0 Å². The molecule has 1 saturated heterocycles. The highest BCUT2D eigenvalue weighted by molar-refractivity contribution is 7.48. The Hall–Kier alpha value is -1.25. The van der Waals surface area contributed by atoms with E-state index in [9.17, 15) is 9.36 Å². The quantitative estimate of drug-likeness (QED) is 0.0540. The van der Waals surface area contributed by atoms with Gasteiger partial charge >= 0.3 is 13.5 Å². The molecular weight excluding hydrogens is 661 g/mol. The molecule has 1 aromatic heterocycles. The lowest BCUT2D eigenvalue weighted by atomic mass is 10.0. The van der Waals surface area contributed by atoms with Gasteiger partial charge in [-0.25, -0.2) is 9.36 Å². The number of nitrogens with zero attached hydrogens (tertiary/aromatic N) is 2. The van der Waals surface area contributed by atoms with E-state index in [4.69, 9.17) is 24.0 Å². The maximum atomic E-state index is 13.9. The summed E-state index contributed by atoms with van der Waals surface area (Å²) in [5.41, 5.74) is 5.18. The second-order valence-electron chi connectivity index (χ2n) is 15.0. The third-order valence-corrected chi connectivity index (χ3v) is 11.8. The van der Waals surface area contributed by atoms with E-state index in [1.54, 1.807) is 12.3 Å². The van der Waals surface area contributed by atoms with E-state index in [1.807, 2.05) is 6.92 Å². The molecule has 0 aliphatic carbocycles. The molecule has 3 atom stereocenters. The first-order chi connectivity index (χ1) is 24.9. The number of nitrogen functional groups attached to an aromatic ring is 1. The monoisotopic (exact) mass is 740 g/mol. The zero-order valence-corrected chi connectivity index (χ0v) is 34.1. The molecule has 2 rings (SSSR count). The fourth-order valence-electron chi connectivity index (χ4n) is 6.94. The summed E-state index contributed by atoms with van der Waals surface area (Å²) < 4.78 is 39.2. The number of aromatic nitrogens is 2. The average molecular weight is 740 g/mol. The first-order valence-corrected chi connectivity index (χ1v) is 22.9. The van der Waals surface area contributed by atoms with Gasteiger partial charge in [-0.15, -0.1) is 0 Å². The summed E-state index contributed by atoms with van der Waals surface area (Å²) in [6.07, 6.45) is 36.0. The van der Waals surface area contributed by atoms with Crippen LogP contribution in [-0.4, -0.2) is 35.0 Å². The smallest absolute Gasteiger partial charge is 0.383 e. The highest BCUT2D eigenvalue weighted by atomic mass is 31.2. The minimum atomic E-state index is -3.82. The Bertz CT molecular complexity index is 1030. The molecule has 0 saturated carbocycles. The van der Waals surface area contributed by atoms with E-state index in [0.29, 0.717) is 19.6 Å². The molecule has 0 aromatic carbocycles. The van der Waals surface area contributed by atoms with Crippen molar-refractivity contribution in [2.45, 2.75) is 225 Å². The predicted molar refractivity (Wildman–Crippen MR) is 212 cm³/mol. The summed E-state index contributed by atoms with van der Waals surface area (Å²) in [6.45, 7) is 7.06. The van der Waals surface area contributed by atoms with Gasteiger partial charge in [-0.1, -0.05) is 181 Å². The van der Waals surface area contributed by atoms with E-state index in [-0.39, 0.29) is 5.82 Å². The third-order valence-electron chi connectivity index (χ3n) is 10.3. The normalized spacial score (nSPS) is 17.8. The van der Waals surface area contributed by atoms with Crippen LogP contribution in [0.4, 0.5) is 5.82 Å². The van der Waals surface area contributed by atoms with Crippen molar-refractivity contribution in [3.63, 3.8) is 0 Å². The molecule has 0 spiro atoms. The predicted octanol–water partition coefficient (Wildman–Crippen LogP) is 12.6. The lowest BCUT2D eigenvalue weighted by Crippen LogP contribution is -2.27. The van der Waals surface area contributed by atoms with E-state index in [1.165, 1.54) is 146 Å². The van der Waals surface area contributed by atoms with E-state index in [2.05, 4.69) is 18.8 Å². The Kier molecular flexibility index (Phi) is 27.1. The number of hydrogen-bond acceptors (Lipinski definition) is 8. The molecule has 1 aliphatic rings. The molecule has 0 unspecified atom stereocenters. The molecule has 1 aliphatic heterocycles. The van der Waals surface area contributed by atoms with Crippen molar-refractivity contribution in [3.05, 3.63) is 22.7 Å². The Morgan fingerprint density at radius 1 is 0.686 bits per heavy atom. The number of hydrogen-bond donors (Lipinski definition) is 1. The van der Waals surface area contributed by atoms with Crippen molar-refractivity contribution in [2.75, 3.05) is 18.9 Å². The Balaban J connectivity index is 1.67. The molecule has 1 fully saturated rings. The highest BCUT2D eigenvalue weighted by Gasteiger charge is 2.41. The van der Waals surface area contributed by atoms with Crippen LogP contribution in [-0.2, 0) is 22.9 Å². The summed E-state index contributed by atoms with van der Waals surface area (Å²) in [6, 6.07) is 1.56. The van der Waals surface area contributed by atoms with Crippen LogP contribution in [0.15, 0.2) is 17.1 Å². The second kappa shape index (κ2) is 30.1. The molecule has 9 nitrogen and oxygen atoms in total. The van der Waals surface area contributed by atoms with Crippen LogP contribution >= 0.6 is 7.82 Å². The molecule has 1 aromatic rings. The zero-order chi connectivity index (χ0) is 36.8. The lowest BCUT2D eigenvalue weighted by molar-refractivity contribution is -0.0138. The van der Waals surface area contributed by atoms with Gasteiger partial charge in [-0.3, -0.25) is 18.1 Å². The number of ether oxygens (including phenoxy) is 1. The minimum absolute atomic E-state index is 0.161. The number of phosphoric ester groups is 1. The van der Waals surface area contributed by atoms with Crippen molar-refractivity contribution >= 4 is 13.6 Å². The van der Waals surface area contributed by atoms with Gasteiger partial charge in [-0.05, 0) is 25.8 Å². The van der Waals surface area contributed by atoms with Crippen molar-refractivity contribution in [2.24, 2.45) is 0 Å². The molecule has 2 N–H and O–H groups in total. The van der Waals surface area contributed by atoms with Crippen molar-refractivity contribution in [1.82, 2.24) is 9.55 Å². The van der Waals surface area contributed by atoms with Crippen LogP contribution in [0, 0.1) is 0 Å². The molecule has 2 heterocycles. The van der Waals surface area contributed by atoms with Crippen LogP contribution < -0.4 is 11.4 Å². The van der Waals surface area contributed by atoms with Crippen LogP contribution in [0.25, 0.3) is 0 Å². The standard InChI is InChI=1S/C41H78N3O6P/c1-4-6-8-10-12-14-16-18-20-22-24-26-28-30-34-47-51(46,48-35-31-29-27-25-23-21-19-17-15-13-11-9-7-5-2)50-38-36-40(49-37(38)3)44-33-32-39(42)43-41(44)45/h32-33,37-38,40H,4-31,34-36H2,1-3H3,(H2,42,43,45)/t37-,38+,40-/m1/s1. The van der Waals surface area contributed by atoms with Crippen molar-refractivity contribution in [3.8, 4) is 0 Å². The average Bonchev–Trinajstić information content (AvgIpc) is 3.46. The molecular formula is C41H78N3O6P. The van der Waals surface area contributed by atoms with Gasteiger partial charge in [0, 0.05) is 12.6 Å². The fraction of sp³-hybridized carbons (Fsp3) is 0.902. The number of nitrogens with two attached hydrogens (primary N) is 1. The zero-order valence-electron chi connectivity index (χ0n) is 33.2. The molecule has 10 heteroatoms. The maximum Gasteiger partial charge on any atom is 0.475 e. The Morgan fingerprint density at radius 2 is 1.06 bits per heavy atom. The van der Waals surface area contributed by atoms with E-state index < -0.39 is 31.9 Å². The molecule has 0 radical (unpaired) electrons. The Labute approximate surface area is 312 Å². The highest BCUT2D eigenvalue weighted by Crippen LogP contribution is 2.53. The molecule has 0 bridgehead atoms. The van der Waals surface area contributed by atoms with Crippen LogP contribution in [0.2, 0.25) is 0 Å². The van der Waals surface area contributed by atoms with Gasteiger partial charge < -0.3 is 10.5 Å². The van der Waals surface area contributed by atoms with Gasteiger partial charge in [0.25, 0.3) is 0 Å². The van der Waals surface area contributed by atoms with Crippen molar-refractivity contribution in [1.29, 1.82) is 0 Å². The fourth-order valence-corrected chi connectivity index (χ4v) is 8.43. The molecule has 0 amide bonds. The summed E-state index contributed by atoms with van der Waals surface area (Å²) in [7, 11) is -3.82. The summed E-state index contributed by atoms with van der Waals surface area (Å²) in [5, 5.41) is 0. The number of unbranched alkanes of at least 4 members (excludes halogenated alkanes) is 26. The summed E-state index contributed by atoms with van der Waals surface area (Å²) in [5.74, 6) is 0.161. The number of anilines is 1. The topological polar surface area (TPSA) is 115 Å². The molecule has 298 valence electrons. The maximum absolute atomic E-state index is 13.9. The van der Waals surface area contributed by atoms with Crippen LogP contribution in [0.3, 0.4) is 0 Å². The van der Waals surface area contributed by atoms with Gasteiger partial charge in [0.05, 0.1) is 25.4 Å². The van der Waals surface area contributed by atoms with Gasteiger partial charge in [0.1, 0.15) is 12.0 Å². The third kappa shape index (κ3) is 22.5. The first-order valence-electron chi connectivity index (χ1n) is 21.5. The van der Waals surface area contributed by atoms with E-state index in [0.717, 1.165) is 38.5 Å². The Morgan fingerprint density at radius 3 is 1.43 bits per heavy atom. The van der Waals surface area contributed by atoms with Crippen LogP contribution in [0.5, 0.6) is 0 Å². The van der Waals surface area contributed by atoms with Crippen LogP contribution in [0.1, 0.15) is 213 Å². The summed E-state index contributed by atoms with van der Waals surface area (Å²) >= 11 is 0. The summed E-state index contributed by atoms with van der Waals surface area (Å²) in [4.78, 5) is 16.2. The minimum Gasteiger partial charge on any atom is -0.383 e. The SMILES string of the molecule is CCCCCCCCCCCCCCCCOP(=O)(OCCCCCCCCCCCCCCCC)O[C@H]1C[C@H](n2ccc(N)nc2=O)O[C@@H]1C. The van der Waals surface area contributed by atoms with Gasteiger partial charge in [0.15, 0.2) is 0 Å². The number of phosphoric acid groups is 1.